The molecule has 118 valence electrons. The fourth-order valence-electron chi connectivity index (χ4n) is 3.01. The molecule has 0 radical (unpaired) electrons. The zero-order chi connectivity index (χ0) is 15.3. The van der Waals surface area contributed by atoms with Gasteiger partial charge >= 0.3 is 6.18 Å². The molecule has 1 aliphatic carbocycles. The van der Waals surface area contributed by atoms with Crippen molar-refractivity contribution in [1.29, 1.82) is 0 Å². The van der Waals surface area contributed by atoms with E-state index in [9.17, 15) is 21.6 Å². The van der Waals surface area contributed by atoms with Gasteiger partial charge in [0.05, 0.1) is 12.2 Å². The van der Waals surface area contributed by atoms with E-state index in [2.05, 4.69) is 4.72 Å². The van der Waals surface area contributed by atoms with E-state index in [1.165, 1.54) is 0 Å². The summed E-state index contributed by atoms with van der Waals surface area (Å²) in [5.74, 6) is 0.565. The van der Waals surface area contributed by atoms with Gasteiger partial charge < -0.3 is 4.74 Å². The summed E-state index contributed by atoms with van der Waals surface area (Å²) in [7, 11) is -4.15. The lowest BCUT2D eigenvalue weighted by atomic mass is 9.73. The van der Waals surface area contributed by atoms with Crippen molar-refractivity contribution < 1.29 is 26.3 Å². The molecule has 1 aromatic rings. The Balaban J connectivity index is 1.66. The third kappa shape index (κ3) is 2.84. The first-order chi connectivity index (χ1) is 9.72. The minimum Gasteiger partial charge on any atom is -0.375 e. The topological polar surface area (TPSA) is 55.4 Å². The van der Waals surface area contributed by atoms with Crippen LogP contribution in [-0.2, 0) is 20.9 Å². The van der Waals surface area contributed by atoms with E-state index >= 15 is 0 Å². The zero-order valence-electron chi connectivity index (χ0n) is 10.9. The van der Waals surface area contributed by atoms with Crippen LogP contribution in [-0.4, -0.2) is 27.2 Å². The van der Waals surface area contributed by atoms with Crippen LogP contribution in [0.5, 0.6) is 0 Å². The number of hydrogen-bond donors (Lipinski definition) is 1. The summed E-state index contributed by atoms with van der Waals surface area (Å²) in [6, 6.07) is 0.986. The van der Waals surface area contributed by atoms with Gasteiger partial charge in [0, 0.05) is 6.54 Å². The predicted molar refractivity (Wildman–Crippen MR) is 70.5 cm³/mol. The van der Waals surface area contributed by atoms with E-state index in [0.717, 1.165) is 24.3 Å². The number of nitrogens with one attached hydrogen (secondary N) is 1. The number of hydrogen-bond acceptors (Lipinski definition) is 4. The van der Waals surface area contributed by atoms with Gasteiger partial charge in [0.15, 0.2) is 0 Å². The van der Waals surface area contributed by atoms with Crippen LogP contribution in [0.3, 0.4) is 0 Å². The van der Waals surface area contributed by atoms with Crippen LogP contribution >= 0.6 is 11.3 Å². The summed E-state index contributed by atoms with van der Waals surface area (Å²) in [6.45, 7) is 0.789. The van der Waals surface area contributed by atoms with Crippen molar-refractivity contribution in [2.24, 2.45) is 5.92 Å². The minimum atomic E-state index is -4.66. The number of thiophene rings is 1. The summed E-state index contributed by atoms with van der Waals surface area (Å²) < 4.78 is 70.1. The summed E-state index contributed by atoms with van der Waals surface area (Å²) >= 11 is 0.380. The average Bonchev–Trinajstić information content (AvgIpc) is 3.00. The van der Waals surface area contributed by atoms with Crippen LogP contribution in [0.1, 0.15) is 24.1 Å². The molecule has 2 saturated heterocycles. The normalized spacial score (nSPS) is 28.6. The molecule has 0 aromatic carbocycles. The predicted octanol–water partition coefficient (Wildman–Crippen LogP) is 2.61. The Labute approximate surface area is 124 Å². The molecule has 0 amide bonds. The first-order valence-electron chi connectivity index (χ1n) is 6.50. The van der Waals surface area contributed by atoms with E-state index < -0.39 is 26.0 Å². The van der Waals surface area contributed by atoms with Crippen molar-refractivity contribution in [3.8, 4) is 0 Å². The van der Waals surface area contributed by atoms with Gasteiger partial charge in [-0.1, -0.05) is 0 Å². The minimum absolute atomic E-state index is 0.0855. The first kappa shape index (κ1) is 15.3. The van der Waals surface area contributed by atoms with Crippen molar-refractivity contribution in [3.05, 3.63) is 16.3 Å². The van der Waals surface area contributed by atoms with Crippen molar-refractivity contribution in [2.75, 3.05) is 13.2 Å². The standard InChI is InChI=1S/C12H14F3NO3S2/c13-12(14,15)10-9(1-4-20-10)21(17,18)16-3-2-11-5-8(6-11)7-19-11/h1,4,8,16H,2-3,5-7H2. The maximum Gasteiger partial charge on any atom is 0.426 e. The molecule has 2 aliphatic heterocycles. The van der Waals surface area contributed by atoms with Crippen molar-refractivity contribution in [1.82, 2.24) is 4.72 Å². The third-order valence-corrected chi connectivity index (χ3v) is 6.59. The smallest absolute Gasteiger partial charge is 0.375 e. The first-order valence-corrected chi connectivity index (χ1v) is 8.86. The number of sulfonamides is 1. The largest absolute Gasteiger partial charge is 0.426 e. The molecular formula is C12H14F3NO3S2. The fraction of sp³-hybridized carbons (Fsp3) is 0.667. The third-order valence-electron chi connectivity index (χ3n) is 4.00. The molecule has 1 N–H and O–H groups in total. The lowest BCUT2D eigenvalue weighted by Crippen LogP contribution is -2.40. The molecular weight excluding hydrogens is 327 g/mol. The van der Waals surface area contributed by atoms with Gasteiger partial charge in [-0.2, -0.15) is 13.2 Å². The summed E-state index contributed by atoms with van der Waals surface area (Å²) in [5, 5.41) is 1.13. The number of fused-ring (bicyclic) bond motifs is 1. The quantitative estimate of drug-likeness (QED) is 0.896. The molecule has 1 aromatic heterocycles. The van der Waals surface area contributed by atoms with E-state index in [0.29, 0.717) is 30.3 Å². The number of ether oxygens (including phenoxy) is 1. The van der Waals surface area contributed by atoms with Crippen molar-refractivity contribution >= 4 is 21.4 Å². The molecule has 1 saturated carbocycles. The Bertz CT molecular complexity index is 627. The zero-order valence-corrected chi connectivity index (χ0v) is 12.6. The van der Waals surface area contributed by atoms with Gasteiger partial charge in [-0.3, -0.25) is 0 Å². The summed E-state index contributed by atoms with van der Waals surface area (Å²) in [5.41, 5.74) is -0.255. The average molecular weight is 341 g/mol. The highest BCUT2D eigenvalue weighted by atomic mass is 32.2. The second kappa shape index (κ2) is 4.94. The highest BCUT2D eigenvalue weighted by molar-refractivity contribution is 7.89. The van der Waals surface area contributed by atoms with E-state index in [4.69, 9.17) is 4.74 Å². The van der Waals surface area contributed by atoms with Gasteiger partial charge in [-0.25, -0.2) is 13.1 Å². The van der Waals surface area contributed by atoms with Crippen LogP contribution in [0.4, 0.5) is 13.2 Å². The van der Waals surface area contributed by atoms with Crippen molar-refractivity contribution in [3.63, 3.8) is 0 Å². The van der Waals surface area contributed by atoms with Crippen LogP contribution in [0.25, 0.3) is 0 Å². The van der Waals surface area contributed by atoms with Crippen molar-refractivity contribution in [2.45, 2.75) is 35.9 Å². The SMILES string of the molecule is O=S(=O)(NCCC12CC(CO1)C2)c1ccsc1C(F)(F)F. The molecule has 4 rings (SSSR count). The van der Waals surface area contributed by atoms with E-state index in [1.807, 2.05) is 0 Å². The highest BCUT2D eigenvalue weighted by Gasteiger charge is 2.51. The second-order valence-corrected chi connectivity index (χ2v) is 8.18. The number of alkyl halides is 3. The van der Waals surface area contributed by atoms with Crippen LogP contribution in [0.2, 0.25) is 0 Å². The van der Waals surface area contributed by atoms with Gasteiger partial charge in [0.25, 0.3) is 0 Å². The molecule has 0 unspecified atom stereocenters. The lowest BCUT2D eigenvalue weighted by Gasteiger charge is -2.35. The fourth-order valence-corrected chi connectivity index (χ4v) is 5.36. The maximum absolute atomic E-state index is 12.7. The second-order valence-electron chi connectivity index (χ2n) is 5.53. The van der Waals surface area contributed by atoms with Gasteiger partial charge in [0.1, 0.15) is 9.77 Å². The van der Waals surface area contributed by atoms with Gasteiger partial charge in [0.2, 0.25) is 10.0 Å². The monoisotopic (exact) mass is 341 g/mol. The molecule has 0 atom stereocenters. The van der Waals surface area contributed by atoms with Crippen LogP contribution in [0.15, 0.2) is 16.3 Å². The Morgan fingerprint density at radius 2 is 2.14 bits per heavy atom. The Morgan fingerprint density at radius 3 is 2.71 bits per heavy atom. The Hall–Kier alpha value is -0.640. The Morgan fingerprint density at radius 1 is 1.43 bits per heavy atom. The lowest BCUT2D eigenvalue weighted by molar-refractivity contribution is -0.136. The summed E-state index contributed by atoms with van der Waals surface area (Å²) in [4.78, 5) is -1.79. The van der Waals surface area contributed by atoms with E-state index in [-0.39, 0.29) is 12.1 Å². The van der Waals surface area contributed by atoms with Gasteiger partial charge in [-0.05, 0) is 36.6 Å². The van der Waals surface area contributed by atoms with Gasteiger partial charge in [-0.15, -0.1) is 11.3 Å². The number of halogens is 3. The maximum atomic E-state index is 12.7. The molecule has 3 aliphatic rings. The molecule has 0 spiro atoms. The van der Waals surface area contributed by atoms with Crippen LogP contribution < -0.4 is 4.72 Å². The molecule has 3 fully saturated rings. The molecule has 4 nitrogen and oxygen atoms in total. The molecule has 21 heavy (non-hydrogen) atoms. The number of rotatable bonds is 5. The highest BCUT2D eigenvalue weighted by Crippen LogP contribution is 2.50. The van der Waals surface area contributed by atoms with E-state index in [1.54, 1.807) is 0 Å². The molecule has 3 heterocycles. The summed E-state index contributed by atoms with van der Waals surface area (Å²) in [6.07, 6.45) is -2.33. The molecule has 9 heteroatoms. The Kier molecular flexibility index (Phi) is 3.59. The van der Waals surface area contributed by atoms with Crippen LogP contribution in [0, 0.1) is 5.92 Å². The molecule has 2 bridgehead atoms.